The molecule has 1 aliphatic rings. The predicted octanol–water partition coefficient (Wildman–Crippen LogP) is 2.08. The smallest absolute Gasteiger partial charge is 0.0662 e. The number of aliphatic hydroxyl groups excluding tert-OH is 1. The molecular weight excluding hydrogens is 174 g/mol. The van der Waals surface area contributed by atoms with Gasteiger partial charge < -0.3 is 10.8 Å². The minimum atomic E-state index is -0.295. The van der Waals surface area contributed by atoms with Crippen LogP contribution in [0.1, 0.15) is 40.0 Å². The standard InChI is InChI=1S/C12H23NO/c1-9(2)7-12(8-13)6-5-11(3,4)10(12)14/h10,14H,1,5-8,13H2,2-4H3. The van der Waals surface area contributed by atoms with Gasteiger partial charge in [-0.3, -0.25) is 0 Å². The van der Waals surface area contributed by atoms with Gasteiger partial charge in [-0.1, -0.05) is 19.4 Å². The molecule has 0 aromatic heterocycles. The van der Waals surface area contributed by atoms with E-state index in [4.69, 9.17) is 5.73 Å². The fourth-order valence-electron chi connectivity index (χ4n) is 2.75. The van der Waals surface area contributed by atoms with Gasteiger partial charge in [-0.15, -0.1) is 6.58 Å². The zero-order chi connectivity index (χ0) is 11.0. The Bertz CT molecular complexity index is 234. The highest BCUT2D eigenvalue weighted by Gasteiger charge is 2.50. The van der Waals surface area contributed by atoms with Crippen LogP contribution in [0.4, 0.5) is 0 Å². The van der Waals surface area contributed by atoms with Crippen molar-refractivity contribution in [2.45, 2.75) is 46.1 Å². The molecule has 0 amide bonds. The quantitative estimate of drug-likeness (QED) is 0.680. The molecule has 2 atom stereocenters. The van der Waals surface area contributed by atoms with Crippen LogP contribution in [-0.4, -0.2) is 17.8 Å². The summed E-state index contributed by atoms with van der Waals surface area (Å²) in [6.45, 7) is 10.7. The van der Waals surface area contributed by atoms with Gasteiger partial charge in [0.1, 0.15) is 0 Å². The minimum Gasteiger partial charge on any atom is -0.392 e. The van der Waals surface area contributed by atoms with Gasteiger partial charge in [-0.2, -0.15) is 0 Å². The number of allylic oxidation sites excluding steroid dienone is 1. The van der Waals surface area contributed by atoms with Crippen LogP contribution in [-0.2, 0) is 0 Å². The highest BCUT2D eigenvalue weighted by molar-refractivity contribution is 5.08. The molecule has 1 aliphatic carbocycles. The molecule has 1 fully saturated rings. The lowest BCUT2D eigenvalue weighted by Crippen LogP contribution is -2.42. The average Bonchev–Trinajstić information content (AvgIpc) is 2.30. The third kappa shape index (κ3) is 1.86. The van der Waals surface area contributed by atoms with Gasteiger partial charge in [0.25, 0.3) is 0 Å². The van der Waals surface area contributed by atoms with E-state index in [9.17, 15) is 5.11 Å². The molecule has 0 aromatic carbocycles. The van der Waals surface area contributed by atoms with E-state index in [-0.39, 0.29) is 16.9 Å². The van der Waals surface area contributed by atoms with Crippen molar-refractivity contribution < 1.29 is 5.11 Å². The van der Waals surface area contributed by atoms with Crippen molar-refractivity contribution in [1.82, 2.24) is 0 Å². The van der Waals surface area contributed by atoms with Gasteiger partial charge in [0.15, 0.2) is 0 Å². The van der Waals surface area contributed by atoms with E-state index in [1.165, 1.54) is 0 Å². The van der Waals surface area contributed by atoms with E-state index >= 15 is 0 Å². The van der Waals surface area contributed by atoms with E-state index < -0.39 is 0 Å². The van der Waals surface area contributed by atoms with Gasteiger partial charge in [0, 0.05) is 12.0 Å². The monoisotopic (exact) mass is 197 g/mol. The summed E-state index contributed by atoms with van der Waals surface area (Å²) in [5, 5.41) is 10.3. The normalized spacial score (nSPS) is 35.9. The molecule has 82 valence electrons. The van der Waals surface area contributed by atoms with Gasteiger partial charge in [-0.25, -0.2) is 0 Å². The summed E-state index contributed by atoms with van der Waals surface area (Å²) in [5.41, 5.74) is 6.84. The molecule has 1 rings (SSSR count). The van der Waals surface area contributed by atoms with Crippen LogP contribution in [0.15, 0.2) is 12.2 Å². The third-order valence-corrected chi connectivity index (χ3v) is 3.65. The van der Waals surface area contributed by atoms with Crippen LogP contribution in [0.2, 0.25) is 0 Å². The molecule has 0 aliphatic heterocycles. The molecular formula is C12H23NO. The molecule has 2 heteroatoms. The average molecular weight is 197 g/mol. The van der Waals surface area contributed by atoms with Crippen molar-refractivity contribution in [2.75, 3.05) is 6.54 Å². The van der Waals surface area contributed by atoms with E-state index in [1.54, 1.807) is 0 Å². The first kappa shape index (κ1) is 11.7. The van der Waals surface area contributed by atoms with Crippen molar-refractivity contribution >= 4 is 0 Å². The van der Waals surface area contributed by atoms with Crippen LogP contribution in [0.5, 0.6) is 0 Å². The predicted molar refractivity (Wildman–Crippen MR) is 59.9 cm³/mol. The Morgan fingerprint density at radius 2 is 2.07 bits per heavy atom. The van der Waals surface area contributed by atoms with E-state index in [0.717, 1.165) is 24.8 Å². The molecule has 0 spiro atoms. The summed E-state index contributed by atoms with van der Waals surface area (Å²) in [5.74, 6) is 0. The van der Waals surface area contributed by atoms with Crippen molar-refractivity contribution in [3.8, 4) is 0 Å². The maximum Gasteiger partial charge on any atom is 0.0662 e. The first-order valence-electron chi connectivity index (χ1n) is 5.37. The maximum atomic E-state index is 10.3. The second kappa shape index (κ2) is 3.67. The second-order valence-electron chi connectivity index (χ2n) is 5.59. The van der Waals surface area contributed by atoms with Gasteiger partial charge in [-0.05, 0) is 31.6 Å². The fraction of sp³-hybridized carbons (Fsp3) is 0.833. The maximum absolute atomic E-state index is 10.3. The fourth-order valence-corrected chi connectivity index (χ4v) is 2.75. The molecule has 2 unspecified atom stereocenters. The molecule has 0 heterocycles. The lowest BCUT2D eigenvalue weighted by molar-refractivity contribution is -0.00454. The van der Waals surface area contributed by atoms with E-state index in [1.807, 2.05) is 6.92 Å². The van der Waals surface area contributed by atoms with Gasteiger partial charge >= 0.3 is 0 Å². The number of hydrogen-bond donors (Lipinski definition) is 2. The third-order valence-electron chi connectivity index (χ3n) is 3.65. The highest BCUT2D eigenvalue weighted by Crippen LogP contribution is 2.51. The van der Waals surface area contributed by atoms with Crippen LogP contribution in [0.25, 0.3) is 0 Å². The topological polar surface area (TPSA) is 46.2 Å². The zero-order valence-corrected chi connectivity index (χ0v) is 9.64. The first-order chi connectivity index (χ1) is 6.34. The Morgan fingerprint density at radius 1 is 1.50 bits per heavy atom. The van der Waals surface area contributed by atoms with Crippen molar-refractivity contribution in [3.05, 3.63) is 12.2 Å². The molecule has 3 N–H and O–H groups in total. The first-order valence-corrected chi connectivity index (χ1v) is 5.37. The molecule has 0 saturated heterocycles. The molecule has 2 nitrogen and oxygen atoms in total. The Labute approximate surface area is 87.2 Å². The number of rotatable bonds is 3. The van der Waals surface area contributed by atoms with Gasteiger partial charge in [0.2, 0.25) is 0 Å². The summed E-state index contributed by atoms with van der Waals surface area (Å²) in [6.07, 6.45) is 2.63. The SMILES string of the molecule is C=C(C)CC1(CN)CCC(C)(C)C1O. The van der Waals surface area contributed by atoms with Crippen LogP contribution in [0.3, 0.4) is 0 Å². The Balaban J connectivity index is 2.87. The van der Waals surface area contributed by atoms with Crippen LogP contribution < -0.4 is 5.73 Å². The lowest BCUT2D eigenvalue weighted by Gasteiger charge is -2.36. The summed E-state index contributed by atoms with van der Waals surface area (Å²) < 4.78 is 0. The minimum absolute atomic E-state index is 0.00875. The van der Waals surface area contributed by atoms with Crippen molar-refractivity contribution in [3.63, 3.8) is 0 Å². The largest absolute Gasteiger partial charge is 0.392 e. The van der Waals surface area contributed by atoms with Crippen LogP contribution in [0, 0.1) is 10.8 Å². The molecule has 0 radical (unpaired) electrons. The van der Waals surface area contributed by atoms with Crippen molar-refractivity contribution in [1.29, 1.82) is 0 Å². The summed E-state index contributed by atoms with van der Waals surface area (Å²) >= 11 is 0. The number of nitrogens with two attached hydrogens (primary N) is 1. The molecule has 14 heavy (non-hydrogen) atoms. The highest BCUT2D eigenvalue weighted by atomic mass is 16.3. The Hall–Kier alpha value is -0.340. The summed E-state index contributed by atoms with van der Waals surface area (Å²) in [4.78, 5) is 0. The van der Waals surface area contributed by atoms with E-state index in [2.05, 4.69) is 20.4 Å². The molecule has 1 saturated carbocycles. The van der Waals surface area contributed by atoms with Crippen molar-refractivity contribution in [2.24, 2.45) is 16.6 Å². The van der Waals surface area contributed by atoms with E-state index in [0.29, 0.717) is 6.54 Å². The number of aliphatic hydroxyl groups is 1. The summed E-state index contributed by atoms with van der Waals surface area (Å²) in [6, 6.07) is 0. The number of hydrogen-bond acceptors (Lipinski definition) is 2. The molecule has 0 aromatic rings. The molecule has 0 bridgehead atoms. The summed E-state index contributed by atoms with van der Waals surface area (Å²) in [7, 11) is 0. The Kier molecular flexibility index (Phi) is 3.07. The lowest BCUT2D eigenvalue weighted by atomic mass is 9.74. The van der Waals surface area contributed by atoms with Gasteiger partial charge in [0.05, 0.1) is 6.10 Å². The zero-order valence-electron chi connectivity index (χ0n) is 9.64. The Morgan fingerprint density at radius 3 is 2.36 bits per heavy atom. The van der Waals surface area contributed by atoms with Crippen LogP contribution >= 0.6 is 0 Å². The second-order valence-corrected chi connectivity index (χ2v) is 5.59.